The Morgan fingerprint density at radius 1 is 1.12 bits per heavy atom. The molecule has 0 spiro atoms. The van der Waals surface area contributed by atoms with Crippen LogP contribution >= 0.6 is 11.3 Å². The number of likely N-dealkylation sites (tertiary alicyclic amines) is 1. The molecule has 5 rings (SSSR count). The number of aliphatic hydroxyl groups excluding tert-OH is 1. The van der Waals surface area contributed by atoms with Crippen LogP contribution in [0.15, 0.2) is 65.6 Å². The molecule has 2 aromatic carbocycles. The zero-order valence-corrected chi connectivity index (χ0v) is 18.0. The van der Waals surface area contributed by atoms with Crippen molar-refractivity contribution in [3.63, 3.8) is 0 Å². The van der Waals surface area contributed by atoms with Crippen LogP contribution in [0, 0.1) is 0 Å². The third-order valence-electron chi connectivity index (χ3n) is 5.84. The normalized spacial score (nSPS) is 19.6. The van der Waals surface area contributed by atoms with Crippen molar-refractivity contribution in [1.29, 1.82) is 0 Å². The zero-order chi connectivity index (χ0) is 22.2. The first-order valence-electron chi connectivity index (χ1n) is 10.4. The fourth-order valence-corrected chi connectivity index (χ4v) is 4.98. The molecule has 1 aromatic heterocycles. The van der Waals surface area contributed by atoms with Crippen LogP contribution in [0.5, 0.6) is 11.5 Å². The maximum absolute atomic E-state index is 13.1. The molecule has 0 aliphatic carbocycles. The molecule has 32 heavy (non-hydrogen) atoms. The summed E-state index contributed by atoms with van der Waals surface area (Å²) in [5, 5.41) is 22.9. The number of aromatic hydroxyl groups is 1. The molecule has 3 heterocycles. The number of hydrogen-bond donors (Lipinski definition) is 2. The van der Waals surface area contributed by atoms with Crippen molar-refractivity contribution in [3.8, 4) is 11.5 Å². The molecule has 2 N–H and O–H groups in total. The smallest absolute Gasteiger partial charge is 0.295 e. The second-order valence-corrected chi connectivity index (χ2v) is 8.90. The molecule has 3 aromatic rings. The van der Waals surface area contributed by atoms with E-state index < -0.39 is 17.7 Å². The molecular formula is C25H21NO5S. The maximum Gasteiger partial charge on any atom is 0.295 e. The minimum Gasteiger partial charge on any atom is -0.508 e. The number of nitrogens with zero attached hydrogens (tertiary/aromatic N) is 1. The van der Waals surface area contributed by atoms with E-state index in [1.807, 2.05) is 23.6 Å². The molecule has 1 unspecified atom stereocenters. The summed E-state index contributed by atoms with van der Waals surface area (Å²) in [5.74, 6) is -0.714. The molecule has 0 radical (unpaired) electrons. The number of carbonyl (C=O) groups excluding carboxylic acids is 2. The average Bonchev–Trinajstić information content (AvgIpc) is 3.41. The molecule has 0 saturated carbocycles. The summed E-state index contributed by atoms with van der Waals surface area (Å²) < 4.78 is 5.65. The van der Waals surface area contributed by atoms with E-state index in [-0.39, 0.29) is 23.6 Å². The predicted molar refractivity (Wildman–Crippen MR) is 121 cm³/mol. The lowest BCUT2D eigenvalue weighted by molar-refractivity contribution is -0.140. The Morgan fingerprint density at radius 2 is 1.94 bits per heavy atom. The summed E-state index contributed by atoms with van der Waals surface area (Å²) >= 11 is 1.50. The van der Waals surface area contributed by atoms with Crippen molar-refractivity contribution in [2.75, 3.05) is 6.61 Å². The fraction of sp³-hybridized carbons (Fsp3) is 0.200. The second kappa shape index (κ2) is 8.16. The van der Waals surface area contributed by atoms with E-state index >= 15 is 0 Å². The predicted octanol–water partition coefficient (Wildman–Crippen LogP) is 4.40. The Labute approximate surface area is 189 Å². The number of phenolic OH excluding ortho intramolecular Hbond substituents is 1. The number of ether oxygens (including phenoxy) is 1. The molecule has 1 fully saturated rings. The average molecular weight is 448 g/mol. The largest absolute Gasteiger partial charge is 0.508 e. The maximum atomic E-state index is 13.1. The van der Waals surface area contributed by atoms with Crippen LogP contribution in [-0.4, -0.2) is 33.4 Å². The lowest BCUT2D eigenvalue weighted by Gasteiger charge is -2.25. The van der Waals surface area contributed by atoms with Gasteiger partial charge in [0, 0.05) is 10.4 Å². The Hall–Kier alpha value is -3.58. The van der Waals surface area contributed by atoms with Crippen LogP contribution in [-0.2, 0) is 22.6 Å². The first-order chi connectivity index (χ1) is 15.5. The molecule has 162 valence electrons. The van der Waals surface area contributed by atoms with Crippen LogP contribution in [0.3, 0.4) is 0 Å². The Balaban J connectivity index is 1.63. The number of phenols is 1. The van der Waals surface area contributed by atoms with Gasteiger partial charge in [-0.2, -0.15) is 0 Å². The number of aryl methyl sites for hydroxylation is 1. The quantitative estimate of drug-likeness (QED) is 0.352. The molecule has 1 saturated heterocycles. The number of aliphatic hydroxyl groups is 1. The molecule has 2 aliphatic rings. The highest BCUT2D eigenvalue weighted by molar-refractivity contribution is 7.09. The minimum atomic E-state index is -0.759. The third-order valence-corrected chi connectivity index (χ3v) is 6.70. The van der Waals surface area contributed by atoms with E-state index in [4.69, 9.17) is 4.74 Å². The van der Waals surface area contributed by atoms with E-state index in [0.29, 0.717) is 17.7 Å². The van der Waals surface area contributed by atoms with E-state index in [1.54, 1.807) is 24.3 Å². The minimum absolute atomic E-state index is 0.0499. The standard InChI is InChI=1S/C25H21NO5S/c27-18-8-5-15(6-9-18)22-21(24(29)25(30)26(22)14-19-4-2-12-32-19)23(28)17-7-10-20-16(13-17)3-1-11-31-20/h2,4-10,12-13,22,27-28H,1,3,11,14H2/b23-21-. The number of thiophene rings is 1. The number of carbonyl (C=O) groups is 2. The van der Waals surface area contributed by atoms with Crippen molar-refractivity contribution in [3.05, 3.63) is 87.1 Å². The summed E-state index contributed by atoms with van der Waals surface area (Å²) in [5.41, 5.74) is 2.14. The van der Waals surface area contributed by atoms with Crippen molar-refractivity contribution < 1.29 is 24.5 Å². The fourth-order valence-electron chi connectivity index (χ4n) is 4.28. The number of hydrogen-bond acceptors (Lipinski definition) is 6. The van der Waals surface area contributed by atoms with Crippen molar-refractivity contribution in [2.24, 2.45) is 0 Å². The number of benzene rings is 2. The molecular weight excluding hydrogens is 426 g/mol. The summed E-state index contributed by atoms with van der Waals surface area (Å²) in [7, 11) is 0. The van der Waals surface area contributed by atoms with Crippen molar-refractivity contribution in [2.45, 2.75) is 25.4 Å². The molecule has 6 nitrogen and oxygen atoms in total. The lowest BCUT2D eigenvalue weighted by atomic mass is 9.94. The van der Waals surface area contributed by atoms with Crippen molar-refractivity contribution >= 4 is 28.8 Å². The van der Waals surface area contributed by atoms with Gasteiger partial charge in [-0.3, -0.25) is 9.59 Å². The highest BCUT2D eigenvalue weighted by Crippen LogP contribution is 2.41. The summed E-state index contributed by atoms with van der Waals surface area (Å²) in [6.45, 7) is 0.912. The molecule has 0 bridgehead atoms. The van der Waals surface area contributed by atoms with E-state index in [1.165, 1.54) is 28.4 Å². The SMILES string of the molecule is O=C1C(=O)N(Cc2cccs2)C(c2ccc(O)cc2)/C1=C(/O)c1ccc2c(c1)CCCO2. The van der Waals surface area contributed by atoms with Gasteiger partial charge in [0.05, 0.1) is 24.8 Å². The van der Waals surface area contributed by atoms with Crippen LogP contribution in [0.1, 0.15) is 34.0 Å². The summed E-state index contributed by atoms with van der Waals surface area (Å²) in [6, 6.07) is 14.7. The van der Waals surface area contributed by atoms with E-state index in [0.717, 1.165) is 29.0 Å². The Morgan fingerprint density at radius 3 is 2.69 bits per heavy atom. The van der Waals surface area contributed by atoms with Crippen molar-refractivity contribution in [1.82, 2.24) is 4.90 Å². The molecule has 1 atom stereocenters. The number of ketones is 1. The first-order valence-corrected chi connectivity index (χ1v) is 11.3. The second-order valence-electron chi connectivity index (χ2n) is 7.87. The Bertz CT molecular complexity index is 1210. The number of rotatable bonds is 4. The van der Waals surface area contributed by atoms with Crippen LogP contribution in [0.2, 0.25) is 0 Å². The van der Waals surface area contributed by atoms with Gasteiger partial charge in [0.1, 0.15) is 17.3 Å². The van der Waals surface area contributed by atoms with Gasteiger partial charge in [-0.1, -0.05) is 18.2 Å². The number of amides is 1. The number of fused-ring (bicyclic) bond motifs is 1. The molecule has 2 aliphatic heterocycles. The van der Waals surface area contributed by atoms with Gasteiger partial charge in [-0.15, -0.1) is 11.3 Å². The van der Waals surface area contributed by atoms with Crippen LogP contribution in [0.25, 0.3) is 5.76 Å². The summed E-state index contributed by atoms with van der Waals surface area (Å²) in [4.78, 5) is 28.6. The third kappa shape index (κ3) is 3.54. The monoisotopic (exact) mass is 447 g/mol. The van der Waals surface area contributed by atoms with E-state index in [2.05, 4.69) is 0 Å². The van der Waals surface area contributed by atoms with Gasteiger partial charge in [-0.05, 0) is 65.7 Å². The first kappa shape index (κ1) is 20.3. The molecule has 1 amide bonds. The van der Waals surface area contributed by atoms with Crippen LogP contribution < -0.4 is 4.74 Å². The lowest BCUT2D eigenvalue weighted by Crippen LogP contribution is -2.28. The topological polar surface area (TPSA) is 87.1 Å². The zero-order valence-electron chi connectivity index (χ0n) is 17.2. The van der Waals surface area contributed by atoms with Crippen LogP contribution in [0.4, 0.5) is 0 Å². The van der Waals surface area contributed by atoms with Gasteiger partial charge in [0.25, 0.3) is 11.7 Å². The highest BCUT2D eigenvalue weighted by atomic mass is 32.1. The Kier molecular flexibility index (Phi) is 5.19. The molecule has 7 heteroatoms. The van der Waals surface area contributed by atoms with Gasteiger partial charge >= 0.3 is 0 Å². The van der Waals surface area contributed by atoms with Gasteiger partial charge in [-0.25, -0.2) is 0 Å². The number of Topliss-reactive ketones (excluding diaryl/α,β-unsaturated/α-hetero) is 1. The summed E-state index contributed by atoms with van der Waals surface area (Å²) in [6.07, 6.45) is 1.71. The van der Waals surface area contributed by atoms with E-state index in [9.17, 15) is 19.8 Å². The van der Waals surface area contributed by atoms with Gasteiger partial charge < -0.3 is 19.8 Å². The van der Waals surface area contributed by atoms with Gasteiger partial charge in [0.15, 0.2) is 0 Å². The van der Waals surface area contributed by atoms with Gasteiger partial charge in [0.2, 0.25) is 0 Å². The highest BCUT2D eigenvalue weighted by Gasteiger charge is 2.46.